The third kappa shape index (κ3) is 5.77. The second-order valence-electron chi connectivity index (χ2n) is 6.36. The number of phenols is 1. The molecule has 0 saturated carbocycles. The summed E-state index contributed by atoms with van der Waals surface area (Å²) in [6, 6.07) is 24.3. The number of hydrogen-bond donors (Lipinski definition) is 4. The van der Waals surface area contributed by atoms with Crippen LogP contribution >= 0.6 is 15.9 Å². The van der Waals surface area contributed by atoms with E-state index in [2.05, 4.69) is 52.0 Å². The van der Waals surface area contributed by atoms with Crippen LogP contribution in [0.1, 0.15) is 5.56 Å². The molecule has 0 saturated heterocycles. The van der Waals surface area contributed by atoms with Crippen molar-refractivity contribution in [3.8, 4) is 5.75 Å². The molecule has 0 unspecified atom stereocenters. The highest BCUT2D eigenvalue weighted by atomic mass is 79.9. The first-order chi connectivity index (χ1) is 15.2. The number of benzene rings is 3. The van der Waals surface area contributed by atoms with Crippen molar-refractivity contribution < 1.29 is 5.11 Å². The van der Waals surface area contributed by atoms with Crippen LogP contribution in [0, 0.1) is 0 Å². The molecule has 0 amide bonds. The number of nitrogens with one attached hydrogen (secondary N) is 3. The number of aromatic hydroxyl groups is 1. The number of hydrazone groups is 1. The number of anilines is 5. The topological polar surface area (TPSA) is 107 Å². The van der Waals surface area contributed by atoms with Crippen molar-refractivity contribution in [2.45, 2.75) is 0 Å². The summed E-state index contributed by atoms with van der Waals surface area (Å²) in [5.41, 5.74) is 5.02. The molecule has 4 aromatic rings. The highest BCUT2D eigenvalue weighted by Crippen LogP contribution is 2.21. The fraction of sp³-hybridized carbons (Fsp3) is 0. The number of aromatic nitrogens is 3. The molecule has 0 fully saturated rings. The number of phenolic OH excluding ortho intramolecular Hbond substituents is 1. The van der Waals surface area contributed by atoms with Crippen LogP contribution < -0.4 is 16.1 Å². The van der Waals surface area contributed by atoms with Gasteiger partial charge >= 0.3 is 0 Å². The van der Waals surface area contributed by atoms with Gasteiger partial charge in [-0.25, -0.2) is 5.43 Å². The molecule has 0 spiro atoms. The van der Waals surface area contributed by atoms with E-state index >= 15 is 0 Å². The summed E-state index contributed by atoms with van der Waals surface area (Å²) in [7, 11) is 0. The van der Waals surface area contributed by atoms with Crippen molar-refractivity contribution >= 4 is 51.4 Å². The van der Waals surface area contributed by atoms with Crippen LogP contribution in [-0.2, 0) is 0 Å². The SMILES string of the molecule is Oc1ccc(Br)cc1/C=N\Nc1nc(Nc2ccccc2)nc(Nc2ccccc2)n1. The van der Waals surface area contributed by atoms with Gasteiger partial charge in [-0.15, -0.1) is 0 Å². The van der Waals surface area contributed by atoms with E-state index in [1.807, 2.05) is 60.7 Å². The van der Waals surface area contributed by atoms with E-state index in [0.29, 0.717) is 17.5 Å². The van der Waals surface area contributed by atoms with E-state index in [0.717, 1.165) is 15.8 Å². The van der Waals surface area contributed by atoms with Gasteiger partial charge in [0.15, 0.2) is 0 Å². The molecular formula is C22H18BrN7O. The van der Waals surface area contributed by atoms with Crippen molar-refractivity contribution in [3.05, 3.63) is 88.9 Å². The molecule has 0 aliphatic carbocycles. The lowest BCUT2D eigenvalue weighted by Gasteiger charge is -2.10. The maximum Gasteiger partial charge on any atom is 0.250 e. The minimum atomic E-state index is 0.113. The highest BCUT2D eigenvalue weighted by molar-refractivity contribution is 9.10. The minimum Gasteiger partial charge on any atom is -0.507 e. The Labute approximate surface area is 187 Å². The van der Waals surface area contributed by atoms with Gasteiger partial charge in [-0.3, -0.25) is 0 Å². The Bertz CT molecular complexity index is 1130. The molecule has 0 aliphatic rings. The number of para-hydroxylation sites is 2. The molecule has 0 radical (unpaired) electrons. The van der Waals surface area contributed by atoms with Gasteiger partial charge in [0.25, 0.3) is 0 Å². The highest BCUT2D eigenvalue weighted by Gasteiger charge is 2.07. The molecule has 1 aromatic heterocycles. The third-order valence-electron chi connectivity index (χ3n) is 4.05. The van der Waals surface area contributed by atoms with E-state index in [1.165, 1.54) is 6.21 Å². The smallest absolute Gasteiger partial charge is 0.250 e. The van der Waals surface area contributed by atoms with Crippen LogP contribution in [0.3, 0.4) is 0 Å². The molecule has 154 valence electrons. The summed E-state index contributed by atoms with van der Waals surface area (Å²) < 4.78 is 0.829. The van der Waals surface area contributed by atoms with Crippen molar-refractivity contribution in [2.24, 2.45) is 5.10 Å². The Morgan fingerprint density at radius 1 is 0.742 bits per heavy atom. The van der Waals surface area contributed by atoms with Gasteiger partial charge in [0.05, 0.1) is 6.21 Å². The van der Waals surface area contributed by atoms with E-state index in [4.69, 9.17) is 0 Å². The van der Waals surface area contributed by atoms with Gasteiger partial charge < -0.3 is 15.7 Å². The van der Waals surface area contributed by atoms with Gasteiger partial charge in [0.2, 0.25) is 17.8 Å². The number of halogens is 1. The Kier molecular flexibility index (Phi) is 6.34. The maximum atomic E-state index is 9.95. The summed E-state index contributed by atoms with van der Waals surface area (Å²) >= 11 is 3.37. The summed E-state index contributed by atoms with van der Waals surface area (Å²) in [6.07, 6.45) is 1.48. The first kappa shape index (κ1) is 20.3. The van der Waals surface area contributed by atoms with Crippen LogP contribution in [0.5, 0.6) is 5.75 Å². The monoisotopic (exact) mass is 475 g/mol. The van der Waals surface area contributed by atoms with Crippen LogP contribution in [0.15, 0.2) is 88.4 Å². The quantitative estimate of drug-likeness (QED) is 0.213. The third-order valence-corrected chi connectivity index (χ3v) is 4.55. The molecular weight excluding hydrogens is 458 g/mol. The average molecular weight is 476 g/mol. The second-order valence-corrected chi connectivity index (χ2v) is 7.28. The molecule has 1 heterocycles. The molecule has 0 atom stereocenters. The fourth-order valence-corrected chi connectivity index (χ4v) is 3.01. The Balaban J connectivity index is 1.59. The van der Waals surface area contributed by atoms with Gasteiger partial charge in [-0.05, 0) is 42.5 Å². The van der Waals surface area contributed by atoms with E-state index < -0.39 is 0 Å². The first-order valence-corrected chi connectivity index (χ1v) is 10.1. The maximum absolute atomic E-state index is 9.95. The lowest BCUT2D eigenvalue weighted by Crippen LogP contribution is -2.07. The first-order valence-electron chi connectivity index (χ1n) is 9.33. The summed E-state index contributed by atoms with van der Waals surface area (Å²) in [5.74, 6) is 1.05. The molecule has 8 nitrogen and oxygen atoms in total. The predicted octanol–water partition coefficient (Wildman–Crippen LogP) is 5.27. The molecule has 31 heavy (non-hydrogen) atoms. The van der Waals surface area contributed by atoms with E-state index in [9.17, 15) is 5.11 Å². The largest absolute Gasteiger partial charge is 0.507 e. The lowest BCUT2D eigenvalue weighted by molar-refractivity contribution is 0.474. The molecule has 3 aromatic carbocycles. The fourth-order valence-electron chi connectivity index (χ4n) is 2.63. The zero-order valence-corrected chi connectivity index (χ0v) is 17.8. The average Bonchev–Trinajstić information content (AvgIpc) is 2.77. The molecule has 0 bridgehead atoms. The molecule has 9 heteroatoms. The van der Waals surface area contributed by atoms with Crippen molar-refractivity contribution in [1.82, 2.24) is 15.0 Å². The van der Waals surface area contributed by atoms with Gasteiger partial charge in [-0.1, -0.05) is 52.3 Å². The van der Waals surface area contributed by atoms with E-state index in [1.54, 1.807) is 18.2 Å². The van der Waals surface area contributed by atoms with Crippen molar-refractivity contribution in [3.63, 3.8) is 0 Å². The number of rotatable bonds is 7. The second kappa shape index (κ2) is 9.68. The number of nitrogens with zero attached hydrogens (tertiary/aromatic N) is 4. The molecule has 4 rings (SSSR count). The van der Waals surface area contributed by atoms with E-state index in [-0.39, 0.29) is 11.7 Å². The van der Waals surface area contributed by atoms with Gasteiger partial charge in [0, 0.05) is 21.4 Å². The van der Waals surface area contributed by atoms with Crippen LogP contribution in [0.25, 0.3) is 0 Å². The summed E-state index contributed by atoms with van der Waals surface area (Å²) in [5, 5.41) is 20.4. The predicted molar refractivity (Wildman–Crippen MR) is 126 cm³/mol. The Morgan fingerprint density at radius 3 is 1.87 bits per heavy atom. The molecule has 4 N–H and O–H groups in total. The summed E-state index contributed by atoms with van der Waals surface area (Å²) in [6.45, 7) is 0. The lowest BCUT2D eigenvalue weighted by atomic mass is 10.2. The van der Waals surface area contributed by atoms with Gasteiger partial charge in [-0.2, -0.15) is 20.1 Å². The normalized spacial score (nSPS) is 10.7. The Morgan fingerprint density at radius 2 is 1.29 bits per heavy atom. The van der Waals surface area contributed by atoms with Crippen LogP contribution in [0.4, 0.5) is 29.2 Å². The van der Waals surface area contributed by atoms with Crippen LogP contribution in [0.2, 0.25) is 0 Å². The van der Waals surface area contributed by atoms with Crippen LogP contribution in [-0.4, -0.2) is 26.3 Å². The number of hydrogen-bond acceptors (Lipinski definition) is 8. The molecule has 0 aliphatic heterocycles. The van der Waals surface area contributed by atoms with Gasteiger partial charge in [0.1, 0.15) is 5.75 Å². The Hall–Kier alpha value is -3.98. The standard InChI is InChI=1S/C22H18BrN7O/c23-16-11-12-19(31)15(13-16)14-24-30-22-28-20(25-17-7-3-1-4-8-17)27-21(29-22)26-18-9-5-2-6-10-18/h1-14,31H,(H3,25,26,27,28,29,30)/b24-14-. The minimum absolute atomic E-state index is 0.113. The summed E-state index contributed by atoms with van der Waals surface area (Å²) in [4.78, 5) is 13.2. The zero-order chi connectivity index (χ0) is 21.5. The zero-order valence-electron chi connectivity index (χ0n) is 16.2. The van der Waals surface area contributed by atoms with Crippen molar-refractivity contribution in [2.75, 3.05) is 16.1 Å². The van der Waals surface area contributed by atoms with Crippen molar-refractivity contribution in [1.29, 1.82) is 0 Å².